The Balaban J connectivity index is 2.06. The lowest BCUT2D eigenvalue weighted by molar-refractivity contribution is 0.227. The molecule has 0 spiro atoms. The molecule has 4 heteroatoms. The zero-order valence-electron chi connectivity index (χ0n) is 9.05. The normalized spacial score (nSPS) is 18.2. The molecule has 2 nitrogen and oxygen atoms in total. The standard InChI is InChI=1S/C12H16ClFN2/c13-10-5-4-9(11(14)7-10)6-12(16-15)8-2-1-3-8/h4-5,7-8,12,16H,1-3,6,15H2. The van der Waals surface area contributed by atoms with E-state index in [1.54, 1.807) is 12.1 Å². The molecule has 0 heterocycles. The molecule has 2 rings (SSSR count). The minimum atomic E-state index is -0.243. The smallest absolute Gasteiger partial charge is 0.127 e. The lowest BCUT2D eigenvalue weighted by Crippen LogP contribution is -2.45. The Labute approximate surface area is 99.9 Å². The first-order chi connectivity index (χ1) is 7.70. The molecule has 1 atom stereocenters. The van der Waals surface area contributed by atoms with E-state index in [2.05, 4.69) is 5.43 Å². The van der Waals surface area contributed by atoms with Gasteiger partial charge in [-0.3, -0.25) is 11.3 Å². The molecule has 1 aromatic carbocycles. The first-order valence-corrected chi connectivity index (χ1v) is 5.98. The maximum absolute atomic E-state index is 13.6. The van der Waals surface area contributed by atoms with Crippen molar-refractivity contribution in [2.24, 2.45) is 11.8 Å². The summed E-state index contributed by atoms with van der Waals surface area (Å²) in [7, 11) is 0. The van der Waals surface area contributed by atoms with E-state index in [1.165, 1.54) is 25.3 Å². The van der Waals surface area contributed by atoms with Crippen molar-refractivity contribution in [3.8, 4) is 0 Å². The third-order valence-corrected chi connectivity index (χ3v) is 3.62. The molecule has 0 aliphatic heterocycles. The highest BCUT2D eigenvalue weighted by Gasteiger charge is 2.27. The predicted molar refractivity (Wildman–Crippen MR) is 63.6 cm³/mol. The van der Waals surface area contributed by atoms with Crippen molar-refractivity contribution in [2.75, 3.05) is 0 Å². The number of rotatable bonds is 4. The van der Waals surface area contributed by atoms with Crippen molar-refractivity contribution >= 4 is 11.6 Å². The van der Waals surface area contributed by atoms with Crippen molar-refractivity contribution in [2.45, 2.75) is 31.7 Å². The molecule has 1 aromatic rings. The van der Waals surface area contributed by atoms with E-state index < -0.39 is 0 Å². The maximum atomic E-state index is 13.6. The van der Waals surface area contributed by atoms with Crippen LogP contribution in [0.2, 0.25) is 5.02 Å². The van der Waals surface area contributed by atoms with Crippen LogP contribution in [-0.2, 0) is 6.42 Å². The summed E-state index contributed by atoms with van der Waals surface area (Å²) in [6.45, 7) is 0. The molecule has 0 bridgehead atoms. The fourth-order valence-corrected chi connectivity index (χ4v) is 2.29. The second-order valence-electron chi connectivity index (χ2n) is 4.40. The van der Waals surface area contributed by atoms with E-state index in [0.29, 0.717) is 22.9 Å². The summed E-state index contributed by atoms with van der Waals surface area (Å²) in [4.78, 5) is 0. The van der Waals surface area contributed by atoms with Gasteiger partial charge < -0.3 is 0 Å². The van der Waals surface area contributed by atoms with Gasteiger partial charge in [-0.15, -0.1) is 0 Å². The summed E-state index contributed by atoms with van der Waals surface area (Å²) in [5.74, 6) is 5.85. The summed E-state index contributed by atoms with van der Waals surface area (Å²) >= 11 is 5.71. The first kappa shape index (κ1) is 11.8. The minimum absolute atomic E-state index is 0.171. The molecule has 1 fully saturated rings. The maximum Gasteiger partial charge on any atom is 0.127 e. The fourth-order valence-electron chi connectivity index (χ4n) is 2.13. The molecule has 1 aliphatic carbocycles. The molecule has 1 saturated carbocycles. The highest BCUT2D eigenvalue weighted by Crippen LogP contribution is 2.31. The van der Waals surface area contributed by atoms with Crippen LogP contribution in [0.4, 0.5) is 4.39 Å². The van der Waals surface area contributed by atoms with Crippen molar-refractivity contribution in [3.63, 3.8) is 0 Å². The Morgan fingerprint density at radius 3 is 2.75 bits per heavy atom. The average Bonchev–Trinajstić information content (AvgIpc) is 2.18. The molecule has 0 amide bonds. The molecule has 1 aliphatic rings. The summed E-state index contributed by atoms with van der Waals surface area (Å²) < 4.78 is 13.6. The third kappa shape index (κ3) is 2.54. The Morgan fingerprint density at radius 1 is 1.50 bits per heavy atom. The molecular weight excluding hydrogens is 227 g/mol. The van der Waals surface area contributed by atoms with Crippen LogP contribution in [0.5, 0.6) is 0 Å². The quantitative estimate of drug-likeness (QED) is 0.629. The number of nitrogens with two attached hydrogens (primary N) is 1. The Morgan fingerprint density at radius 2 is 2.25 bits per heavy atom. The fraction of sp³-hybridized carbons (Fsp3) is 0.500. The van der Waals surface area contributed by atoms with Crippen molar-refractivity contribution in [1.29, 1.82) is 0 Å². The van der Waals surface area contributed by atoms with E-state index in [9.17, 15) is 4.39 Å². The first-order valence-electron chi connectivity index (χ1n) is 5.60. The molecule has 0 radical (unpaired) electrons. The molecule has 1 unspecified atom stereocenters. The van der Waals surface area contributed by atoms with Gasteiger partial charge in [0.2, 0.25) is 0 Å². The van der Waals surface area contributed by atoms with E-state index in [-0.39, 0.29) is 11.9 Å². The zero-order valence-corrected chi connectivity index (χ0v) is 9.80. The van der Waals surface area contributed by atoms with Gasteiger partial charge in [-0.2, -0.15) is 0 Å². The largest absolute Gasteiger partial charge is 0.271 e. The van der Waals surface area contributed by atoms with Gasteiger partial charge in [-0.25, -0.2) is 4.39 Å². The van der Waals surface area contributed by atoms with Gasteiger partial charge in [0, 0.05) is 11.1 Å². The number of benzene rings is 1. The SMILES string of the molecule is NNC(Cc1ccc(Cl)cc1F)C1CCC1. The van der Waals surface area contributed by atoms with Gasteiger partial charge >= 0.3 is 0 Å². The van der Waals surface area contributed by atoms with Crippen LogP contribution in [0.1, 0.15) is 24.8 Å². The second-order valence-corrected chi connectivity index (χ2v) is 4.84. The highest BCUT2D eigenvalue weighted by molar-refractivity contribution is 6.30. The monoisotopic (exact) mass is 242 g/mol. The van der Waals surface area contributed by atoms with E-state index >= 15 is 0 Å². The number of halogens is 2. The average molecular weight is 243 g/mol. The molecule has 0 aromatic heterocycles. The minimum Gasteiger partial charge on any atom is -0.271 e. The number of hydrogen-bond donors (Lipinski definition) is 2. The predicted octanol–water partition coefficient (Wildman–Crippen LogP) is 2.65. The van der Waals surface area contributed by atoms with Crippen LogP contribution in [0.25, 0.3) is 0 Å². The molecule has 3 N–H and O–H groups in total. The highest BCUT2D eigenvalue weighted by atomic mass is 35.5. The van der Waals surface area contributed by atoms with Gasteiger partial charge in [0.25, 0.3) is 0 Å². The third-order valence-electron chi connectivity index (χ3n) is 3.39. The van der Waals surface area contributed by atoms with Crippen LogP contribution in [0, 0.1) is 11.7 Å². The molecule has 0 saturated heterocycles. The lowest BCUT2D eigenvalue weighted by atomic mass is 9.78. The van der Waals surface area contributed by atoms with Gasteiger partial charge in [-0.05, 0) is 42.9 Å². The number of hydrogen-bond acceptors (Lipinski definition) is 2. The van der Waals surface area contributed by atoms with Crippen molar-refractivity contribution in [1.82, 2.24) is 5.43 Å². The Kier molecular flexibility index (Phi) is 3.79. The molecule has 88 valence electrons. The molecule has 16 heavy (non-hydrogen) atoms. The number of hydrazine groups is 1. The Bertz CT molecular complexity index is 366. The van der Waals surface area contributed by atoms with E-state index in [4.69, 9.17) is 17.4 Å². The number of nitrogens with one attached hydrogen (secondary N) is 1. The van der Waals surface area contributed by atoms with Crippen LogP contribution in [0.3, 0.4) is 0 Å². The van der Waals surface area contributed by atoms with Crippen LogP contribution >= 0.6 is 11.6 Å². The Hall–Kier alpha value is -0.640. The van der Waals surface area contributed by atoms with Gasteiger partial charge in [-0.1, -0.05) is 24.1 Å². The van der Waals surface area contributed by atoms with Crippen molar-refractivity contribution in [3.05, 3.63) is 34.6 Å². The summed E-state index contributed by atoms with van der Waals surface area (Å²) in [6, 6.07) is 4.98. The van der Waals surface area contributed by atoms with Crippen LogP contribution in [0.15, 0.2) is 18.2 Å². The van der Waals surface area contributed by atoms with Crippen LogP contribution in [-0.4, -0.2) is 6.04 Å². The van der Waals surface area contributed by atoms with Gasteiger partial charge in [0.15, 0.2) is 0 Å². The summed E-state index contributed by atoms with van der Waals surface area (Å²) in [5, 5.41) is 0.433. The molecular formula is C12H16ClFN2. The van der Waals surface area contributed by atoms with Gasteiger partial charge in [0.05, 0.1) is 0 Å². The summed E-state index contributed by atoms with van der Waals surface area (Å²) in [5.41, 5.74) is 3.47. The van der Waals surface area contributed by atoms with Crippen molar-refractivity contribution < 1.29 is 4.39 Å². The van der Waals surface area contributed by atoms with Gasteiger partial charge in [0.1, 0.15) is 5.82 Å². The van der Waals surface area contributed by atoms with E-state index in [1.807, 2.05) is 0 Å². The lowest BCUT2D eigenvalue weighted by Gasteiger charge is -2.33. The topological polar surface area (TPSA) is 38.0 Å². The zero-order chi connectivity index (χ0) is 11.5. The van der Waals surface area contributed by atoms with E-state index in [0.717, 1.165) is 0 Å². The second kappa shape index (κ2) is 5.13. The van der Waals surface area contributed by atoms with Crippen LogP contribution < -0.4 is 11.3 Å². The summed E-state index contributed by atoms with van der Waals surface area (Å²) in [6.07, 6.45) is 4.25.